The Labute approximate surface area is 227 Å². The molecule has 0 bridgehead atoms. The lowest BCUT2D eigenvalue weighted by atomic mass is 9.68. The van der Waals surface area contributed by atoms with Crippen molar-refractivity contribution in [2.75, 3.05) is 27.4 Å². The Morgan fingerprint density at radius 1 is 0.947 bits per heavy atom. The molecular weight excluding hydrogens is 480 g/mol. The Morgan fingerprint density at radius 3 is 2.26 bits per heavy atom. The molecule has 3 rings (SSSR count). The molecule has 1 aliphatic carbocycles. The molecule has 1 fully saturated rings. The molecular formula is C32H42O6. The summed E-state index contributed by atoms with van der Waals surface area (Å²) < 4.78 is 21.4. The lowest BCUT2D eigenvalue weighted by molar-refractivity contribution is -0.146. The maximum absolute atomic E-state index is 12.8. The second-order valence-corrected chi connectivity index (χ2v) is 10.9. The average Bonchev–Trinajstić information content (AvgIpc) is 2.86. The highest BCUT2D eigenvalue weighted by atomic mass is 16.5. The van der Waals surface area contributed by atoms with Crippen LogP contribution in [0.2, 0.25) is 0 Å². The van der Waals surface area contributed by atoms with E-state index in [-0.39, 0.29) is 24.8 Å². The van der Waals surface area contributed by atoms with Gasteiger partial charge in [-0.3, -0.25) is 4.79 Å². The second kappa shape index (κ2) is 13.7. The van der Waals surface area contributed by atoms with Gasteiger partial charge in [0.25, 0.3) is 0 Å². The average molecular weight is 523 g/mol. The first-order valence-electron chi connectivity index (χ1n) is 13.5. The summed E-state index contributed by atoms with van der Waals surface area (Å²) in [5.41, 5.74) is 2.82. The number of hydrogen-bond donors (Lipinski definition) is 0. The Hall–Kier alpha value is -2.96. The highest BCUT2D eigenvalue weighted by Crippen LogP contribution is 2.48. The van der Waals surface area contributed by atoms with E-state index in [4.69, 9.17) is 18.9 Å². The maximum Gasteiger partial charge on any atom is 0.341 e. The topological polar surface area (TPSA) is 71.1 Å². The van der Waals surface area contributed by atoms with Crippen molar-refractivity contribution in [2.24, 2.45) is 11.3 Å². The first-order chi connectivity index (χ1) is 18.2. The Balaban J connectivity index is 1.81. The number of rotatable bonds is 14. The minimum absolute atomic E-state index is 0.126. The summed E-state index contributed by atoms with van der Waals surface area (Å²) in [6.07, 6.45) is 7.35. The molecule has 1 aliphatic rings. The first kappa shape index (κ1) is 29.6. The van der Waals surface area contributed by atoms with Crippen molar-refractivity contribution in [3.63, 3.8) is 0 Å². The zero-order valence-corrected chi connectivity index (χ0v) is 23.5. The van der Waals surface area contributed by atoms with Crippen molar-refractivity contribution in [2.45, 2.75) is 65.2 Å². The fourth-order valence-electron chi connectivity index (χ4n) is 4.89. The molecule has 0 unspecified atom stereocenters. The van der Waals surface area contributed by atoms with Gasteiger partial charge in [0.15, 0.2) is 0 Å². The monoisotopic (exact) mass is 522 g/mol. The molecule has 6 heteroatoms. The van der Waals surface area contributed by atoms with E-state index in [1.807, 2.05) is 44.2 Å². The maximum atomic E-state index is 12.8. The van der Waals surface area contributed by atoms with Gasteiger partial charge in [0.2, 0.25) is 0 Å². The third-order valence-corrected chi connectivity index (χ3v) is 7.17. The van der Waals surface area contributed by atoms with E-state index in [2.05, 4.69) is 13.5 Å². The quantitative estimate of drug-likeness (QED) is 0.114. The molecule has 0 aliphatic heterocycles. The second-order valence-electron chi connectivity index (χ2n) is 10.9. The van der Waals surface area contributed by atoms with Gasteiger partial charge in [-0.2, -0.15) is 0 Å². The summed E-state index contributed by atoms with van der Waals surface area (Å²) in [6, 6.07) is 13.4. The SMILES string of the molecule is C=C(COC)C(=O)Oc1ccc(-c2ccc(OC(=O)C(C)(C)COC)cc2C2CC(CCCCC)C2)cc1. The van der Waals surface area contributed by atoms with Gasteiger partial charge in [-0.05, 0) is 79.5 Å². The minimum atomic E-state index is -0.740. The molecule has 0 heterocycles. The Kier molecular flexibility index (Phi) is 10.7. The third-order valence-electron chi connectivity index (χ3n) is 7.17. The zero-order valence-electron chi connectivity index (χ0n) is 23.5. The van der Waals surface area contributed by atoms with Gasteiger partial charge in [0.05, 0.1) is 24.2 Å². The van der Waals surface area contributed by atoms with E-state index in [1.54, 1.807) is 19.2 Å². The van der Waals surface area contributed by atoms with Crippen LogP contribution in [0.1, 0.15) is 70.8 Å². The Morgan fingerprint density at radius 2 is 1.63 bits per heavy atom. The highest BCUT2D eigenvalue weighted by Gasteiger charge is 2.33. The first-order valence-corrected chi connectivity index (χ1v) is 13.5. The van der Waals surface area contributed by atoms with E-state index in [0.29, 0.717) is 17.4 Å². The zero-order chi connectivity index (χ0) is 27.7. The van der Waals surface area contributed by atoms with E-state index >= 15 is 0 Å². The van der Waals surface area contributed by atoms with Crippen LogP contribution < -0.4 is 9.47 Å². The van der Waals surface area contributed by atoms with Crippen LogP contribution in [-0.2, 0) is 19.1 Å². The molecule has 2 aromatic carbocycles. The predicted molar refractivity (Wildman–Crippen MR) is 149 cm³/mol. The Bertz CT molecular complexity index is 1100. The smallest absolute Gasteiger partial charge is 0.341 e. The molecule has 0 atom stereocenters. The molecule has 0 radical (unpaired) electrons. The van der Waals surface area contributed by atoms with Crippen molar-refractivity contribution in [3.05, 3.63) is 60.2 Å². The van der Waals surface area contributed by atoms with Crippen molar-refractivity contribution in [1.82, 2.24) is 0 Å². The fraction of sp³-hybridized carbons (Fsp3) is 0.500. The largest absolute Gasteiger partial charge is 0.426 e. The summed E-state index contributed by atoms with van der Waals surface area (Å²) in [7, 11) is 3.09. The summed E-state index contributed by atoms with van der Waals surface area (Å²) in [6.45, 7) is 9.98. The van der Waals surface area contributed by atoms with Crippen molar-refractivity contribution >= 4 is 11.9 Å². The molecule has 0 saturated heterocycles. The van der Waals surface area contributed by atoms with Gasteiger partial charge in [-0.25, -0.2) is 4.79 Å². The van der Waals surface area contributed by atoms with Crippen molar-refractivity contribution in [3.8, 4) is 22.6 Å². The number of hydrogen-bond acceptors (Lipinski definition) is 6. The number of carbonyl (C=O) groups is 2. The summed E-state index contributed by atoms with van der Waals surface area (Å²) in [5.74, 6) is 1.33. The molecule has 1 saturated carbocycles. The molecule has 0 N–H and O–H groups in total. The molecule has 206 valence electrons. The molecule has 0 spiro atoms. The minimum Gasteiger partial charge on any atom is -0.426 e. The van der Waals surface area contributed by atoms with Crippen molar-refractivity contribution in [1.29, 1.82) is 0 Å². The molecule has 0 amide bonds. The van der Waals surface area contributed by atoms with Gasteiger partial charge in [-0.15, -0.1) is 0 Å². The highest BCUT2D eigenvalue weighted by molar-refractivity contribution is 5.89. The fourth-order valence-corrected chi connectivity index (χ4v) is 4.89. The van der Waals surface area contributed by atoms with Gasteiger partial charge in [-0.1, -0.05) is 57.4 Å². The van der Waals surface area contributed by atoms with Crippen LogP contribution in [0.4, 0.5) is 0 Å². The number of benzene rings is 2. The number of esters is 2. The summed E-state index contributed by atoms with van der Waals surface area (Å²) in [5, 5.41) is 0. The van der Waals surface area contributed by atoms with Gasteiger partial charge >= 0.3 is 11.9 Å². The molecule has 2 aromatic rings. The lowest BCUT2D eigenvalue weighted by Crippen LogP contribution is -2.33. The lowest BCUT2D eigenvalue weighted by Gasteiger charge is -2.37. The standard InChI is InChI=1S/C32H42O6/c1-7-8-9-10-23-17-25(18-23)29-19-27(38-31(34)32(3,4)21-36-6)15-16-28(29)24-11-13-26(14-12-24)37-30(33)22(2)20-35-5/h11-16,19,23,25H,2,7-10,17-18,20-21H2,1,3-6H3. The molecule has 6 nitrogen and oxygen atoms in total. The number of unbranched alkanes of at least 4 members (excludes halogenated alkanes) is 2. The van der Waals surface area contributed by atoms with Crippen LogP contribution >= 0.6 is 0 Å². The number of carbonyl (C=O) groups excluding carboxylic acids is 2. The normalized spacial score (nSPS) is 17.0. The van der Waals surface area contributed by atoms with Crippen molar-refractivity contribution < 1.29 is 28.5 Å². The van der Waals surface area contributed by atoms with Crippen LogP contribution in [0.15, 0.2) is 54.6 Å². The molecule has 38 heavy (non-hydrogen) atoms. The van der Waals surface area contributed by atoms with E-state index in [9.17, 15) is 9.59 Å². The van der Waals surface area contributed by atoms with Crippen LogP contribution in [0.5, 0.6) is 11.5 Å². The van der Waals surface area contributed by atoms with E-state index in [0.717, 1.165) is 29.9 Å². The number of methoxy groups -OCH3 is 2. The molecule has 0 aromatic heterocycles. The van der Waals surface area contributed by atoms with E-state index < -0.39 is 11.4 Å². The van der Waals surface area contributed by atoms with Crippen LogP contribution in [-0.4, -0.2) is 39.4 Å². The van der Waals surface area contributed by atoms with Gasteiger partial charge in [0.1, 0.15) is 11.5 Å². The van der Waals surface area contributed by atoms with Gasteiger partial charge in [0, 0.05) is 14.2 Å². The predicted octanol–water partition coefficient (Wildman–Crippen LogP) is 7.11. The number of ether oxygens (including phenoxy) is 4. The van der Waals surface area contributed by atoms with Crippen LogP contribution in [0.25, 0.3) is 11.1 Å². The van der Waals surface area contributed by atoms with Crippen LogP contribution in [0.3, 0.4) is 0 Å². The van der Waals surface area contributed by atoms with Gasteiger partial charge < -0.3 is 18.9 Å². The van der Waals surface area contributed by atoms with Crippen LogP contribution in [0, 0.1) is 11.3 Å². The summed E-state index contributed by atoms with van der Waals surface area (Å²) >= 11 is 0. The summed E-state index contributed by atoms with van der Waals surface area (Å²) in [4.78, 5) is 25.0. The van der Waals surface area contributed by atoms with E-state index in [1.165, 1.54) is 38.4 Å². The third kappa shape index (κ3) is 7.78.